The molecule has 87 heavy (non-hydrogen) atoms. The molecule has 0 spiro atoms. The first-order valence-corrected chi connectivity index (χ1v) is 33.8. The molecule has 6 heterocycles. The Morgan fingerprint density at radius 1 is 0.356 bits per heavy atom. The van der Waals surface area contributed by atoms with Crippen LogP contribution in [0.25, 0.3) is 0 Å². The van der Waals surface area contributed by atoms with Crippen LogP contribution in [-0.2, 0) is 60.1 Å². The SMILES string of the molecule is CC.O=C(Nc1ccc(N2S(=O)(=O)c3ccccc3S2(=O)=O)cc1)c1ccccn1.O=C(Nc1ccc(N2S(=O)(=O)c3ccccc3S2(=O)=O)cc1)c1ccncc1.O=C(Nc1ccc(N2S(=O)(=O)c3ccccc3S2(=O)=O)cc1F)c1ccccn1. The molecule has 3 aromatic heterocycles. The molecule has 31 heteroatoms. The molecule has 3 amide bonds. The molecule has 0 radical (unpaired) electrons. The molecule has 0 bridgehead atoms. The number of pyridine rings is 3. The summed E-state index contributed by atoms with van der Waals surface area (Å²) in [5.74, 6) is -2.50. The van der Waals surface area contributed by atoms with Crippen molar-refractivity contribution in [2.45, 2.75) is 43.2 Å². The van der Waals surface area contributed by atoms with Crippen LogP contribution in [0.2, 0.25) is 0 Å². The highest BCUT2D eigenvalue weighted by Gasteiger charge is 2.49. The molecule has 24 nitrogen and oxygen atoms in total. The van der Waals surface area contributed by atoms with Crippen LogP contribution in [0.15, 0.2) is 242 Å². The van der Waals surface area contributed by atoms with E-state index in [1.54, 1.807) is 42.5 Å². The lowest BCUT2D eigenvalue weighted by atomic mass is 10.2. The Bertz CT molecular complexity index is 4510. The van der Waals surface area contributed by atoms with E-state index in [9.17, 15) is 69.3 Å². The number of anilines is 6. The third-order valence-corrected chi connectivity index (χ3v) is 25.6. The number of fused-ring (bicyclic) bond motifs is 3. The number of nitrogens with one attached hydrogen (secondary N) is 3. The number of rotatable bonds is 9. The average molecular weight is 1290 g/mol. The monoisotopic (exact) mass is 1290 g/mol. The van der Waals surface area contributed by atoms with Crippen molar-refractivity contribution in [1.82, 2.24) is 15.0 Å². The summed E-state index contributed by atoms with van der Waals surface area (Å²) in [7, 11) is -25.8. The van der Waals surface area contributed by atoms with Gasteiger partial charge in [0, 0.05) is 47.8 Å². The molecule has 3 aliphatic rings. The van der Waals surface area contributed by atoms with E-state index < -0.39 is 83.5 Å². The molecule has 3 N–H and O–H groups in total. The van der Waals surface area contributed by atoms with Crippen molar-refractivity contribution in [3.63, 3.8) is 0 Å². The number of halogens is 1. The number of amides is 3. The topological polar surface area (TPSA) is 341 Å². The summed E-state index contributed by atoms with van der Waals surface area (Å²) in [5.41, 5.74) is 0.667. The highest BCUT2D eigenvalue weighted by molar-refractivity contribution is 8.13. The molecule has 9 aromatic rings. The van der Waals surface area contributed by atoms with Gasteiger partial charge >= 0.3 is 0 Å². The van der Waals surface area contributed by atoms with Gasteiger partial charge in [0.05, 0.1) is 22.7 Å². The summed E-state index contributed by atoms with van der Waals surface area (Å²) in [6, 6.07) is 42.5. The van der Waals surface area contributed by atoms with E-state index in [4.69, 9.17) is 0 Å². The van der Waals surface area contributed by atoms with Gasteiger partial charge in [-0.1, -0.05) is 62.4 Å². The largest absolute Gasteiger partial charge is 0.322 e. The van der Waals surface area contributed by atoms with Gasteiger partial charge in [0.25, 0.3) is 77.9 Å². The fourth-order valence-electron chi connectivity index (χ4n) is 8.52. The molecule has 0 saturated carbocycles. The van der Waals surface area contributed by atoms with Gasteiger partial charge in [-0.15, -0.1) is 0 Å². The van der Waals surface area contributed by atoms with Crippen LogP contribution >= 0.6 is 0 Å². The summed E-state index contributed by atoms with van der Waals surface area (Å²) < 4.78 is 168. The van der Waals surface area contributed by atoms with E-state index in [-0.39, 0.29) is 67.4 Å². The van der Waals surface area contributed by atoms with Gasteiger partial charge in [0.1, 0.15) is 46.6 Å². The number of aromatic nitrogens is 3. The Hall–Kier alpha value is -9.79. The molecule has 0 fully saturated rings. The molecular formula is C56H44FN9O15S6. The number of carbonyl (C=O) groups is 3. The molecule has 12 rings (SSSR count). The zero-order chi connectivity index (χ0) is 62.7. The predicted octanol–water partition coefficient (Wildman–Crippen LogP) is 7.86. The lowest BCUT2D eigenvalue weighted by Crippen LogP contribution is -2.30. The maximum atomic E-state index is 14.6. The van der Waals surface area contributed by atoms with Crippen LogP contribution in [0, 0.1) is 5.82 Å². The quantitative estimate of drug-likeness (QED) is 0.124. The first kappa shape index (κ1) is 61.8. The highest BCUT2D eigenvalue weighted by atomic mass is 32.3. The Labute approximate surface area is 499 Å². The van der Waals surface area contributed by atoms with E-state index in [2.05, 4.69) is 30.9 Å². The second-order valence-corrected chi connectivity index (χ2v) is 29.0. The number of nitrogens with zero attached hydrogens (tertiary/aromatic N) is 6. The van der Waals surface area contributed by atoms with Crippen molar-refractivity contribution in [2.24, 2.45) is 0 Å². The van der Waals surface area contributed by atoms with Gasteiger partial charge in [-0.3, -0.25) is 29.3 Å². The van der Waals surface area contributed by atoms with Crippen LogP contribution in [0.1, 0.15) is 45.2 Å². The molecule has 3 aliphatic heterocycles. The summed E-state index contributed by atoms with van der Waals surface area (Å²) in [6.45, 7) is 4.00. The normalized spacial score (nSPS) is 16.0. The van der Waals surface area contributed by atoms with Crippen LogP contribution in [0.3, 0.4) is 0 Å². The molecule has 6 aromatic carbocycles. The van der Waals surface area contributed by atoms with Crippen molar-refractivity contribution in [2.75, 3.05) is 27.1 Å². The van der Waals surface area contributed by atoms with Gasteiger partial charge in [-0.2, -0.15) is 61.6 Å². The third-order valence-electron chi connectivity index (χ3n) is 12.3. The fourth-order valence-corrected chi connectivity index (χ4v) is 21.8. The van der Waals surface area contributed by atoms with Crippen molar-refractivity contribution in [3.8, 4) is 0 Å². The lowest BCUT2D eigenvalue weighted by molar-refractivity contribution is 0.101. The second kappa shape index (κ2) is 24.3. The molecule has 0 aliphatic carbocycles. The summed E-state index contributed by atoms with van der Waals surface area (Å²) in [5, 5.41) is 7.58. The van der Waals surface area contributed by atoms with Crippen molar-refractivity contribution in [3.05, 3.63) is 236 Å². The highest BCUT2D eigenvalue weighted by Crippen LogP contribution is 2.43. The first-order chi connectivity index (χ1) is 41.4. The van der Waals surface area contributed by atoms with Crippen LogP contribution in [-0.4, -0.2) is 83.2 Å². The third kappa shape index (κ3) is 11.8. The van der Waals surface area contributed by atoms with Gasteiger partial charge in [-0.05, 0) is 133 Å². The Morgan fingerprint density at radius 2 is 0.667 bits per heavy atom. The molecule has 446 valence electrons. The van der Waals surface area contributed by atoms with E-state index in [1.807, 2.05) is 13.8 Å². The van der Waals surface area contributed by atoms with E-state index >= 15 is 0 Å². The van der Waals surface area contributed by atoms with Crippen molar-refractivity contribution >= 4 is 112 Å². The molecular weight excluding hydrogens is 1250 g/mol. The fraction of sp³-hybridized carbons (Fsp3) is 0.0357. The maximum Gasteiger partial charge on any atom is 0.279 e. The van der Waals surface area contributed by atoms with Gasteiger partial charge in [0.15, 0.2) is 0 Å². The molecule has 0 saturated heterocycles. The number of benzene rings is 6. The van der Waals surface area contributed by atoms with Crippen LogP contribution in [0.4, 0.5) is 38.5 Å². The number of hydrogen-bond donors (Lipinski definition) is 3. The predicted molar refractivity (Wildman–Crippen MR) is 317 cm³/mol. The zero-order valence-electron chi connectivity index (χ0n) is 44.8. The Morgan fingerprint density at radius 3 is 1.00 bits per heavy atom. The minimum absolute atomic E-state index is 0.0434. The van der Waals surface area contributed by atoms with Crippen LogP contribution < -0.4 is 27.1 Å². The van der Waals surface area contributed by atoms with E-state index in [0.29, 0.717) is 24.4 Å². The number of carbonyl (C=O) groups excluding carboxylic acids is 3. The van der Waals surface area contributed by atoms with Crippen molar-refractivity contribution < 1.29 is 69.3 Å². The maximum absolute atomic E-state index is 14.6. The van der Waals surface area contributed by atoms with Gasteiger partial charge in [0.2, 0.25) is 0 Å². The summed E-state index contributed by atoms with van der Waals surface area (Å²) in [4.78, 5) is 46.2. The Kier molecular flexibility index (Phi) is 17.2. The standard InChI is InChI=1S/C18H12FN3O5S2.2C18H13N3O5S2.C2H6/c19-13-11-12(8-9-14(13)21-18(23)15-5-3-4-10-20-15)22-28(24,25)16-6-1-2-7-17(16)29(22,26)27;22-18(15-5-3-4-12-19-15)20-13-8-10-14(11-9-13)21-27(23,24)16-6-1-2-7-17(16)28(21,25)26;22-18(13-9-11-19-12-10-13)20-14-5-7-15(8-6-14)21-27(23,24)16-3-1-2-4-17(16)28(21,25)26;1-2/h1-11H,(H,21,23);2*1-12H,(H,20,22);1-2H3. The molecule has 0 unspecified atom stereocenters. The average Bonchev–Trinajstić information content (AvgIpc) is 1.60. The smallest absolute Gasteiger partial charge is 0.279 e. The van der Waals surface area contributed by atoms with Gasteiger partial charge < -0.3 is 16.0 Å². The number of hydrogen-bond acceptors (Lipinski definition) is 18. The van der Waals surface area contributed by atoms with E-state index in [1.165, 1.54) is 152 Å². The van der Waals surface area contributed by atoms with E-state index in [0.717, 1.165) is 18.2 Å². The first-order valence-electron chi connectivity index (χ1n) is 25.2. The minimum atomic E-state index is -4.42. The zero-order valence-corrected chi connectivity index (χ0v) is 49.7. The van der Waals surface area contributed by atoms with Crippen molar-refractivity contribution in [1.29, 1.82) is 0 Å². The summed E-state index contributed by atoms with van der Waals surface area (Å²) in [6.07, 6.45) is 5.85. The van der Waals surface area contributed by atoms with Gasteiger partial charge in [-0.25, -0.2) is 4.39 Å². The number of sulfonamides is 6. The summed E-state index contributed by atoms with van der Waals surface area (Å²) >= 11 is 0. The lowest BCUT2D eigenvalue weighted by Gasteiger charge is -2.17. The van der Waals surface area contributed by atoms with Crippen LogP contribution in [0.5, 0.6) is 0 Å². The molecule has 0 atom stereocenters. The Balaban J connectivity index is 0.000000153. The minimum Gasteiger partial charge on any atom is -0.322 e. The second-order valence-electron chi connectivity index (χ2n) is 17.7.